The molecule has 0 bridgehead atoms. The minimum absolute atomic E-state index is 0.120. The van der Waals surface area contributed by atoms with Crippen molar-refractivity contribution in [2.24, 2.45) is 15.7 Å². The third kappa shape index (κ3) is 4.81. The summed E-state index contributed by atoms with van der Waals surface area (Å²) in [7, 11) is 1.74. The number of benzene rings is 2. The van der Waals surface area contributed by atoms with Crippen LogP contribution in [0.15, 0.2) is 58.5 Å². The first-order valence-corrected chi connectivity index (χ1v) is 9.05. The van der Waals surface area contributed by atoms with Gasteiger partial charge in [0.05, 0.1) is 0 Å². The normalized spacial score (nSPS) is 13.8. The van der Waals surface area contributed by atoms with Gasteiger partial charge in [-0.3, -0.25) is 4.99 Å². The Morgan fingerprint density at radius 3 is 1.42 bits per heavy atom. The molecule has 2 rings (SSSR count). The van der Waals surface area contributed by atoms with Crippen molar-refractivity contribution in [3.05, 3.63) is 70.8 Å². The molecule has 0 atom stereocenters. The van der Waals surface area contributed by atoms with Gasteiger partial charge in [0.25, 0.3) is 0 Å². The summed E-state index contributed by atoms with van der Waals surface area (Å²) >= 11 is 0. The van der Waals surface area contributed by atoms with Gasteiger partial charge in [0.2, 0.25) is 0 Å². The summed E-state index contributed by atoms with van der Waals surface area (Å²) in [6.45, 7) is 13.2. The zero-order valence-electron chi connectivity index (χ0n) is 17.1. The van der Waals surface area contributed by atoms with E-state index < -0.39 is 0 Å². The average molecular weight is 350 g/mol. The Morgan fingerprint density at radius 2 is 1.08 bits per heavy atom. The van der Waals surface area contributed by atoms with E-state index in [9.17, 15) is 0 Å². The van der Waals surface area contributed by atoms with Crippen LogP contribution < -0.4 is 5.73 Å². The van der Waals surface area contributed by atoms with Crippen molar-refractivity contribution in [3.8, 4) is 0 Å². The maximum absolute atomic E-state index is 6.24. The third-order valence-corrected chi connectivity index (χ3v) is 4.49. The molecule has 0 aliphatic heterocycles. The Bertz CT molecular complexity index is 797. The summed E-state index contributed by atoms with van der Waals surface area (Å²) in [6, 6.07) is 16.6. The van der Waals surface area contributed by atoms with E-state index in [-0.39, 0.29) is 10.8 Å². The average Bonchev–Trinajstić information content (AvgIpc) is 2.58. The van der Waals surface area contributed by atoms with Gasteiger partial charge in [-0.1, -0.05) is 90.1 Å². The molecule has 0 aromatic heterocycles. The van der Waals surface area contributed by atoms with E-state index >= 15 is 0 Å². The SMILES string of the molecule is CN=C(N=C(N)c1ccc(C(C)(C)C)cc1)c1ccc(C(C)(C)C)cc1. The van der Waals surface area contributed by atoms with Crippen molar-refractivity contribution in [1.82, 2.24) is 0 Å². The molecule has 0 saturated carbocycles. The van der Waals surface area contributed by atoms with E-state index in [2.05, 4.69) is 87.9 Å². The molecular formula is C23H31N3. The van der Waals surface area contributed by atoms with Crippen molar-refractivity contribution >= 4 is 11.7 Å². The van der Waals surface area contributed by atoms with Crippen molar-refractivity contribution in [3.63, 3.8) is 0 Å². The molecule has 0 heterocycles. The predicted molar refractivity (Wildman–Crippen MR) is 113 cm³/mol. The van der Waals surface area contributed by atoms with Crippen molar-refractivity contribution in [2.75, 3.05) is 7.05 Å². The molecule has 0 unspecified atom stereocenters. The van der Waals surface area contributed by atoms with Crippen molar-refractivity contribution in [1.29, 1.82) is 0 Å². The van der Waals surface area contributed by atoms with Gasteiger partial charge in [0.15, 0.2) is 5.84 Å². The summed E-state index contributed by atoms with van der Waals surface area (Å²) in [5.41, 5.74) is 10.9. The Kier molecular flexibility index (Phi) is 5.70. The molecule has 0 spiro atoms. The fourth-order valence-electron chi connectivity index (χ4n) is 2.68. The lowest BCUT2D eigenvalue weighted by Gasteiger charge is -2.19. The molecule has 0 amide bonds. The summed E-state index contributed by atoms with van der Waals surface area (Å²) in [6.07, 6.45) is 0. The van der Waals surface area contributed by atoms with Gasteiger partial charge in [-0.05, 0) is 22.0 Å². The summed E-state index contributed by atoms with van der Waals surface area (Å²) in [5.74, 6) is 1.12. The number of hydrogen-bond donors (Lipinski definition) is 1. The molecular weight excluding hydrogens is 318 g/mol. The standard InChI is InChI=1S/C23H31N3/c1-22(2,3)18-12-8-16(9-13-18)20(24)26-21(25-7)17-10-14-19(15-11-17)23(4,5)6/h8-15H,1-7H3,(H2,24,25,26). The molecule has 2 aromatic rings. The van der Waals surface area contributed by atoms with Gasteiger partial charge >= 0.3 is 0 Å². The van der Waals surface area contributed by atoms with Crippen molar-refractivity contribution in [2.45, 2.75) is 52.4 Å². The number of nitrogens with two attached hydrogens (primary N) is 1. The highest BCUT2D eigenvalue weighted by Crippen LogP contribution is 2.23. The lowest BCUT2D eigenvalue weighted by molar-refractivity contribution is 0.590. The number of amidine groups is 2. The molecule has 3 heteroatoms. The quantitative estimate of drug-likeness (QED) is 0.597. The topological polar surface area (TPSA) is 50.7 Å². The van der Waals surface area contributed by atoms with E-state index in [0.717, 1.165) is 11.1 Å². The molecule has 3 nitrogen and oxygen atoms in total. The summed E-state index contributed by atoms with van der Waals surface area (Å²) < 4.78 is 0. The van der Waals surface area contributed by atoms with Crippen LogP contribution in [0.4, 0.5) is 0 Å². The maximum atomic E-state index is 6.24. The van der Waals surface area contributed by atoms with Gasteiger partial charge in [-0.25, -0.2) is 4.99 Å². The van der Waals surface area contributed by atoms with E-state index in [0.29, 0.717) is 11.7 Å². The lowest BCUT2D eigenvalue weighted by atomic mass is 9.86. The monoisotopic (exact) mass is 349 g/mol. The van der Waals surface area contributed by atoms with Crippen LogP contribution in [0.5, 0.6) is 0 Å². The Balaban J connectivity index is 2.28. The minimum Gasteiger partial charge on any atom is -0.383 e. The Hall–Kier alpha value is -2.42. The minimum atomic E-state index is 0.120. The second-order valence-corrected chi connectivity index (χ2v) is 8.70. The zero-order chi connectivity index (χ0) is 19.5. The van der Waals surface area contributed by atoms with E-state index in [1.807, 2.05) is 12.1 Å². The molecule has 2 N–H and O–H groups in total. The lowest BCUT2D eigenvalue weighted by Crippen LogP contribution is -2.17. The number of rotatable bonds is 2. The predicted octanol–water partition coefficient (Wildman–Crippen LogP) is 5.06. The van der Waals surface area contributed by atoms with Crippen LogP contribution in [0.1, 0.15) is 63.8 Å². The molecule has 26 heavy (non-hydrogen) atoms. The smallest absolute Gasteiger partial charge is 0.156 e. The second-order valence-electron chi connectivity index (χ2n) is 8.70. The zero-order valence-corrected chi connectivity index (χ0v) is 17.1. The van der Waals surface area contributed by atoms with Gasteiger partial charge in [-0.15, -0.1) is 0 Å². The van der Waals surface area contributed by atoms with Crippen molar-refractivity contribution < 1.29 is 0 Å². The summed E-state index contributed by atoms with van der Waals surface area (Å²) in [5, 5.41) is 0. The van der Waals surface area contributed by atoms with Crippen LogP contribution in [-0.4, -0.2) is 18.7 Å². The first-order valence-electron chi connectivity index (χ1n) is 9.05. The highest BCUT2D eigenvalue weighted by atomic mass is 14.9. The van der Waals surface area contributed by atoms with Crippen LogP contribution in [0.3, 0.4) is 0 Å². The number of hydrogen-bond acceptors (Lipinski definition) is 1. The van der Waals surface area contributed by atoms with Crippen LogP contribution in [0, 0.1) is 0 Å². The highest BCUT2D eigenvalue weighted by Gasteiger charge is 2.15. The number of nitrogens with zero attached hydrogens (tertiary/aromatic N) is 2. The van der Waals surface area contributed by atoms with Gasteiger partial charge in [-0.2, -0.15) is 0 Å². The molecule has 0 saturated heterocycles. The summed E-state index contributed by atoms with van der Waals surface area (Å²) in [4.78, 5) is 8.89. The van der Waals surface area contributed by atoms with Crippen LogP contribution >= 0.6 is 0 Å². The molecule has 0 fully saturated rings. The fourth-order valence-corrected chi connectivity index (χ4v) is 2.68. The van der Waals surface area contributed by atoms with Gasteiger partial charge < -0.3 is 5.73 Å². The highest BCUT2D eigenvalue weighted by molar-refractivity contribution is 6.10. The van der Waals surface area contributed by atoms with Crippen LogP contribution in [0.25, 0.3) is 0 Å². The Labute approximate surface area is 158 Å². The fraction of sp³-hybridized carbons (Fsp3) is 0.391. The molecule has 0 radical (unpaired) electrons. The van der Waals surface area contributed by atoms with Gasteiger partial charge in [0, 0.05) is 18.2 Å². The first-order chi connectivity index (χ1) is 12.0. The molecule has 2 aromatic carbocycles. The van der Waals surface area contributed by atoms with E-state index in [4.69, 9.17) is 5.73 Å². The van der Waals surface area contributed by atoms with Crippen LogP contribution in [-0.2, 0) is 10.8 Å². The van der Waals surface area contributed by atoms with Gasteiger partial charge in [0.1, 0.15) is 5.84 Å². The maximum Gasteiger partial charge on any atom is 0.156 e. The van der Waals surface area contributed by atoms with Crippen LogP contribution in [0.2, 0.25) is 0 Å². The second kappa shape index (κ2) is 7.45. The molecule has 0 aliphatic carbocycles. The largest absolute Gasteiger partial charge is 0.383 e. The third-order valence-electron chi connectivity index (χ3n) is 4.49. The molecule has 0 aliphatic rings. The molecule has 138 valence electrons. The number of aliphatic imine (C=N–C) groups is 2. The first kappa shape index (κ1) is 19.9. The Morgan fingerprint density at radius 1 is 0.692 bits per heavy atom. The van der Waals surface area contributed by atoms with E-state index in [1.54, 1.807) is 7.05 Å². The van der Waals surface area contributed by atoms with E-state index in [1.165, 1.54) is 11.1 Å².